The van der Waals surface area contributed by atoms with Gasteiger partial charge in [0.05, 0.1) is 12.0 Å². The van der Waals surface area contributed by atoms with Crippen LogP contribution >= 0.6 is 12.6 Å². The molecule has 1 unspecified atom stereocenters. The summed E-state index contributed by atoms with van der Waals surface area (Å²) in [4.78, 5) is 12.9. The summed E-state index contributed by atoms with van der Waals surface area (Å²) < 4.78 is 5.65. The maximum Gasteiger partial charge on any atom is 0.224 e. The van der Waals surface area contributed by atoms with Gasteiger partial charge in [0.2, 0.25) is 5.91 Å². The first kappa shape index (κ1) is 14.4. The Morgan fingerprint density at radius 2 is 2.11 bits per heavy atom. The van der Waals surface area contributed by atoms with Crippen molar-refractivity contribution in [3.8, 4) is 0 Å². The van der Waals surface area contributed by atoms with Crippen LogP contribution in [0.5, 0.6) is 0 Å². The van der Waals surface area contributed by atoms with E-state index in [2.05, 4.69) is 31.8 Å². The van der Waals surface area contributed by atoms with E-state index < -0.39 is 0 Å². The van der Waals surface area contributed by atoms with Gasteiger partial charge in [0.25, 0.3) is 0 Å². The van der Waals surface area contributed by atoms with Crippen LogP contribution in [0.3, 0.4) is 0 Å². The second-order valence-electron chi connectivity index (χ2n) is 5.71. The van der Waals surface area contributed by atoms with Crippen molar-refractivity contribution in [2.24, 2.45) is 0 Å². The third-order valence-electron chi connectivity index (χ3n) is 3.36. The average Bonchev–Trinajstić information content (AvgIpc) is 2.30. The third-order valence-corrected chi connectivity index (χ3v) is 3.66. The zero-order valence-corrected chi connectivity index (χ0v) is 12.4. The van der Waals surface area contributed by atoms with Crippen molar-refractivity contribution in [1.82, 2.24) is 5.32 Å². The Balaban J connectivity index is 1.85. The van der Waals surface area contributed by atoms with E-state index in [1.807, 2.05) is 24.3 Å². The van der Waals surface area contributed by atoms with Gasteiger partial charge in [-0.1, -0.05) is 12.1 Å². The van der Waals surface area contributed by atoms with E-state index in [-0.39, 0.29) is 17.6 Å². The molecule has 1 amide bonds. The monoisotopic (exact) mass is 279 g/mol. The molecule has 104 valence electrons. The molecule has 1 aromatic carbocycles. The van der Waals surface area contributed by atoms with E-state index in [1.165, 1.54) is 0 Å². The van der Waals surface area contributed by atoms with Crippen LogP contribution in [0.1, 0.15) is 32.3 Å². The van der Waals surface area contributed by atoms with Crippen LogP contribution in [-0.2, 0) is 16.0 Å². The molecule has 1 fully saturated rings. The molecule has 0 aromatic heterocycles. The lowest BCUT2D eigenvalue weighted by Gasteiger charge is -2.35. The molecule has 0 spiro atoms. The Morgan fingerprint density at radius 3 is 2.74 bits per heavy atom. The molecule has 1 aromatic rings. The number of carbonyl (C=O) groups is 1. The van der Waals surface area contributed by atoms with Crippen molar-refractivity contribution in [3.63, 3.8) is 0 Å². The molecule has 1 aliphatic rings. The van der Waals surface area contributed by atoms with E-state index in [1.54, 1.807) is 0 Å². The van der Waals surface area contributed by atoms with Crippen LogP contribution in [0.25, 0.3) is 0 Å². The minimum atomic E-state index is -0.135. The Bertz CT molecular complexity index is 442. The standard InChI is InChI=1S/C15H21NO2S/c1-15(2)10-12(7-8-18-15)16-14(17)9-11-3-5-13(19)6-4-11/h3-6,12,19H,7-10H2,1-2H3,(H,16,17). The van der Waals surface area contributed by atoms with Gasteiger partial charge in [-0.25, -0.2) is 0 Å². The number of nitrogens with one attached hydrogen (secondary N) is 1. The number of benzene rings is 1. The highest BCUT2D eigenvalue weighted by molar-refractivity contribution is 7.80. The van der Waals surface area contributed by atoms with Gasteiger partial charge >= 0.3 is 0 Å². The minimum Gasteiger partial charge on any atom is -0.375 e. The molecule has 0 radical (unpaired) electrons. The summed E-state index contributed by atoms with van der Waals surface area (Å²) >= 11 is 4.23. The number of amides is 1. The molecule has 0 saturated carbocycles. The molecule has 3 nitrogen and oxygen atoms in total. The van der Waals surface area contributed by atoms with Gasteiger partial charge in [0, 0.05) is 17.5 Å². The van der Waals surface area contributed by atoms with E-state index in [9.17, 15) is 4.79 Å². The Kier molecular flexibility index (Phi) is 4.53. The normalized spacial score (nSPS) is 21.9. The number of carbonyl (C=O) groups excluding carboxylic acids is 1. The molecule has 1 N–H and O–H groups in total. The first-order valence-corrected chi connectivity index (χ1v) is 7.10. The van der Waals surface area contributed by atoms with Gasteiger partial charge in [-0.05, 0) is 44.4 Å². The molecule has 0 aliphatic carbocycles. The Labute approximate surface area is 120 Å². The lowest BCUT2D eigenvalue weighted by atomic mass is 9.94. The predicted molar refractivity (Wildman–Crippen MR) is 78.6 cm³/mol. The number of thiol groups is 1. The summed E-state index contributed by atoms with van der Waals surface area (Å²) in [6.45, 7) is 4.85. The van der Waals surface area contributed by atoms with Crippen LogP contribution in [0, 0.1) is 0 Å². The quantitative estimate of drug-likeness (QED) is 0.835. The number of ether oxygens (including phenoxy) is 1. The molecular weight excluding hydrogens is 258 g/mol. The van der Waals surface area contributed by atoms with Crippen molar-refractivity contribution in [1.29, 1.82) is 0 Å². The predicted octanol–water partition coefficient (Wildman–Crippen LogP) is 2.59. The van der Waals surface area contributed by atoms with Gasteiger partial charge in [-0.3, -0.25) is 4.79 Å². The van der Waals surface area contributed by atoms with Crippen LogP contribution in [0.2, 0.25) is 0 Å². The molecule has 0 bridgehead atoms. The average molecular weight is 279 g/mol. The highest BCUT2D eigenvalue weighted by Gasteiger charge is 2.29. The number of hydrogen-bond acceptors (Lipinski definition) is 3. The first-order chi connectivity index (χ1) is 8.94. The second-order valence-corrected chi connectivity index (χ2v) is 6.23. The SMILES string of the molecule is CC1(C)CC(NC(=O)Cc2ccc(S)cc2)CCO1. The summed E-state index contributed by atoms with van der Waals surface area (Å²) in [6, 6.07) is 7.92. The minimum absolute atomic E-state index is 0.0783. The Hall–Kier alpha value is -1.00. The van der Waals surface area contributed by atoms with Crippen LogP contribution in [0.4, 0.5) is 0 Å². The van der Waals surface area contributed by atoms with Crippen molar-refractivity contribution < 1.29 is 9.53 Å². The zero-order valence-electron chi connectivity index (χ0n) is 11.5. The summed E-state index contributed by atoms with van der Waals surface area (Å²) in [5, 5.41) is 3.10. The largest absolute Gasteiger partial charge is 0.375 e. The summed E-state index contributed by atoms with van der Waals surface area (Å²) in [6.07, 6.45) is 2.19. The molecule has 4 heteroatoms. The highest BCUT2D eigenvalue weighted by Crippen LogP contribution is 2.23. The van der Waals surface area contributed by atoms with Gasteiger partial charge in [-0.2, -0.15) is 0 Å². The Morgan fingerprint density at radius 1 is 1.42 bits per heavy atom. The number of rotatable bonds is 3. The van der Waals surface area contributed by atoms with Crippen LogP contribution in [0.15, 0.2) is 29.2 Å². The lowest BCUT2D eigenvalue weighted by Crippen LogP contribution is -2.46. The molecule has 1 heterocycles. The third kappa shape index (κ3) is 4.55. The van der Waals surface area contributed by atoms with Gasteiger partial charge in [0.1, 0.15) is 0 Å². The van der Waals surface area contributed by atoms with Crippen molar-refractivity contribution in [2.45, 2.75) is 49.6 Å². The zero-order chi connectivity index (χ0) is 13.9. The van der Waals surface area contributed by atoms with Crippen LogP contribution in [-0.4, -0.2) is 24.2 Å². The summed E-state index contributed by atoms with van der Waals surface area (Å²) in [5.41, 5.74) is 0.880. The summed E-state index contributed by atoms with van der Waals surface area (Å²) in [7, 11) is 0. The molecule has 2 rings (SSSR count). The van der Waals surface area contributed by atoms with Crippen LogP contribution < -0.4 is 5.32 Å². The van der Waals surface area contributed by atoms with E-state index >= 15 is 0 Å². The topological polar surface area (TPSA) is 38.3 Å². The van der Waals surface area contributed by atoms with E-state index in [4.69, 9.17) is 4.74 Å². The first-order valence-electron chi connectivity index (χ1n) is 6.66. The van der Waals surface area contributed by atoms with Crippen molar-refractivity contribution >= 4 is 18.5 Å². The fraction of sp³-hybridized carbons (Fsp3) is 0.533. The number of hydrogen-bond donors (Lipinski definition) is 2. The van der Waals surface area contributed by atoms with Gasteiger partial charge in [0.15, 0.2) is 0 Å². The molecule has 1 saturated heterocycles. The van der Waals surface area contributed by atoms with Gasteiger partial charge < -0.3 is 10.1 Å². The second kappa shape index (κ2) is 5.97. The molecular formula is C15H21NO2S. The van der Waals surface area contributed by atoms with Crippen molar-refractivity contribution in [2.75, 3.05) is 6.61 Å². The fourth-order valence-electron chi connectivity index (χ4n) is 2.43. The highest BCUT2D eigenvalue weighted by atomic mass is 32.1. The fourth-order valence-corrected chi connectivity index (χ4v) is 2.58. The van der Waals surface area contributed by atoms with Gasteiger partial charge in [-0.15, -0.1) is 12.6 Å². The van der Waals surface area contributed by atoms with E-state index in [0.29, 0.717) is 13.0 Å². The van der Waals surface area contributed by atoms with E-state index in [0.717, 1.165) is 23.3 Å². The molecule has 1 atom stereocenters. The maximum absolute atomic E-state index is 12.0. The summed E-state index contributed by atoms with van der Waals surface area (Å²) in [5.74, 6) is 0.0783. The molecule has 19 heavy (non-hydrogen) atoms. The van der Waals surface area contributed by atoms with Crippen molar-refractivity contribution in [3.05, 3.63) is 29.8 Å². The maximum atomic E-state index is 12.0. The smallest absolute Gasteiger partial charge is 0.224 e. The molecule has 1 aliphatic heterocycles. The lowest BCUT2D eigenvalue weighted by molar-refractivity contribution is -0.123.